The standard InChI is InChI=1S/C6H10O2.C5H6O3.C5H8O2.C3H3N.C3H2O3/c1-4-8-6(7)5(2)3;1-2-4-3-7-5(6)8-4;1-3-5(6)7-4-2;1-2-3-4;4-3-5-1-2-6-3/h2,4H2,1,3H3;2,4H,1,3H2;3H,1,4H2,2H3;2H,1H2;1-2H. The average Bonchev–Trinajstić information content (AvgIpc) is 3.46. The van der Waals surface area contributed by atoms with E-state index in [4.69, 9.17) is 5.26 Å². The molecule has 1 fully saturated rings. The van der Waals surface area contributed by atoms with Crippen molar-refractivity contribution in [3.63, 3.8) is 0 Å². The van der Waals surface area contributed by atoms with Gasteiger partial charge in [0.25, 0.3) is 0 Å². The van der Waals surface area contributed by atoms with Crippen molar-refractivity contribution in [3.8, 4) is 6.07 Å². The average molecular weight is 467 g/mol. The topological polar surface area (TPSA) is 155 Å². The molecule has 11 nitrogen and oxygen atoms in total. The molecule has 2 heterocycles. The highest BCUT2D eigenvalue weighted by Gasteiger charge is 2.21. The first-order valence-corrected chi connectivity index (χ1v) is 9.23. The van der Waals surface area contributed by atoms with Gasteiger partial charge in [0.15, 0.2) is 6.10 Å². The summed E-state index contributed by atoms with van der Waals surface area (Å²) in [5.74, 6) is -1.33. The summed E-state index contributed by atoms with van der Waals surface area (Å²) in [6, 6.07) is 1.69. The molecule has 33 heavy (non-hydrogen) atoms. The van der Waals surface area contributed by atoms with Gasteiger partial charge in [-0.15, -0.1) is 0 Å². The molecule has 0 bridgehead atoms. The van der Waals surface area contributed by atoms with E-state index in [1.165, 1.54) is 24.7 Å². The fourth-order valence-electron chi connectivity index (χ4n) is 1.11. The lowest BCUT2D eigenvalue weighted by Crippen LogP contribution is -2.03. The molecule has 0 amide bonds. The van der Waals surface area contributed by atoms with Crippen molar-refractivity contribution in [2.45, 2.75) is 26.9 Å². The summed E-state index contributed by atoms with van der Waals surface area (Å²) >= 11 is 0. The molecule has 11 heteroatoms. The number of esters is 2. The van der Waals surface area contributed by atoms with Crippen LogP contribution in [0.25, 0.3) is 0 Å². The molecule has 182 valence electrons. The number of carbonyl (C=O) groups excluding carboxylic acids is 3. The molecule has 1 aromatic heterocycles. The Morgan fingerprint density at radius 3 is 1.82 bits per heavy atom. The van der Waals surface area contributed by atoms with Crippen LogP contribution in [0.4, 0.5) is 4.79 Å². The largest absolute Gasteiger partial charge is 0.518 e. The van der Waals surface area contributed by atoms with Crippen LogP contribution in [-0.2, 0) is 28.5 Å². The Hall–Kier alpha value is -4.33. The van der Waals surface area contributed by atoms with E-state index in [0.29, 0.717) is 25.4 Å². The Kier molecular flexibility index (Phi) is 24.2. The number of carbonyl (C=O) groups is 3. The van der Waals surface area contributed by atoms with Gasteiger partial charge in [0.2, 0.25) is 0 Å². The number of rotatable bonds is 5. The Labute approximate surface area is 192 Å². The molecular formula is C22H29NO10. The summed E-state index contributed by atoms with van der Waals surface area (Å²) < 4.78 is 26.2. The fraction of sp³-hybridized carbons (Fsp3) is 0.318. The van der Waals surface area contributed by atoms with Crippen LogP contribution in [-0.4, -0.2) is 44.0 Å². The van der Waals surface area contributed by atoms with E-state index in [2.05, 4.69) is 54.1 Å². The van der Waals surface area contributed by atoms with Crippen molar-refractivity contribution in [1.29, 1.82) is 5.26 Å². The van der Waals surface area contributed by atoms with E-state index >= 15 is 0 Å². The lowest BCUT2D eigenvalue weighted by atomic mass is 10.4. The van der Waals surface area contributed by atoms with Crippen LogP contribution in [0.3, 0.4) is 0 Å². The maximum atomic E-state index is 10.4. The SMILES string of the molecule is C=C(C)C(=O)OCC.C=CC#N.C=CC(=O)OCC.C=CC1COC(=O)O1.O=c1occo1. The van der Waals surface area contributed by atoms with E-state index in [9.17, 15) is 19.2 Å². The highest BCUT2D eigenvalue weighted by Crippen LogP contribution is 2.05. The van der Waals surface area contributed by atoms with Crippen LogP contribution in [0.1, 0.15) is 20.8 Å². The van der Waals surface area contributed by atoms with Crippen LogP contribution < -0.4 is 5.82 Å². The molecule has 1 aromatic rings. The third-order valence-corrected chi connectivity index (χ3v) is 2.43. The molecular weight excluding hydrogens is 438 g/mol. The second kappa shape index (κ2) is 23.9. The van der Waals surface area contributed by atoms with Crippen LogP contribution in [0.2, 0.25) is 0 Å². The van der Waals surface area contributed by atoms with Crippen LogP contribution >= 0.6 is 0 Å². The number of ether oxygens (including phenoxy) is 4. The van der Waals surface area contributed by atoms with Gasteiger partial charge in [0, 0.05) is 17.7 Å². The minimum absolute atomic E-state index is 0.234. The summed E-state index contributed by atoms with van der Waals surface area (Å²) in [4.78, 5) is 40.3. The van der Waals surface area contributed by atoms with E-state index < -0.39 is 12.0 Å². The lowest BCUT2D eigenvalue weighted by Gasteiger charge is -1.96. The molecule has 0 spiro atoms. The Morgan fingerprint density at radius 2 is 1.67 bits per heavy atom. The van der Waals surface area contributed by atoms with Gasteiger partial charge in [0.1, 0.15) is 19.1 Å². The summed E-state index contributed by atoms with van der Waals surface area (Å²) in [5.41, 5.74) is 0.451. The number of hydrogen-bond acceptors (Lipinski definition) is 11. The highest BCUT2D eigenvalue weighted by molar-refractivity contribution is 5.86. The summed E-state index contributed by atoms with van der Waals surface area (Å²) in [5, 5.41) is 7.51. The molecule has 0 saturated carbocycles. The molecule has 0 aromatic carbocycles. The summed E-state index contributed by atoms with van der Waals surface area (Å²) in [7, 11) is 0. The van der Waals surface area contributed by atoms with Gasteiger partial charge >= 0.3 is 23.9 Å². The van der Waals surface area contributed by atoms with Gasteiger partial charge in [-0.1, -0.05) is 26.3 Å². The van der Waals surface area contributed by atoms with Gasteiger partial charge in [-0.2, -0.15) is 5.26 Å². The highest BCUT2D eigenvalue weighted by atomic mass is 16.8. The Morgan fingerprint density at radius 1 is 1.15 bits per heavy atom. The minimum Gasteiger partial charge on any atom is -0.463 e. The van der Waals surface area contributed by atoms with E-state index in [0.717, 1.165) is 6.08 Å². The zero-order chi connectivity index (χ0) is 26.1. The minimum atomic E-state index is -0.657. The smallest absolute Gasteiger partial charge is 0.463 e. The van der Waals surface area contributed by atoms with Crippen LogP contribution in [0.5, 0.6) is 0 Å². The first-order chi connectivity index (χ1) is 15.6. The molecule has 2 rings (SSSR count). The molecule has 1 saturated heterocycles. The quantitative estimate of drug-likeness (QED) is 0.205. The molecule has 1 aliphatic rings. The van der Waals surface area contributed by atoms with Crippen LogP contribution in [0, 0.1) is 11.3 Å². The summed E-state index contributed by atoms with van der Waals surface area (Å²) in [6.07, 6.45) is 5.39. The van der Waals surface area contributed by atoms with Gasteiger partial charge < -0.3 is 27.8 Å². The zero-order valence-corrected chi connectivity index (χ0v) is 18.9. The normalized spacial score (nSPS) is 12.1. The zero-order valence-electron chi connectivity index (χ0n) is 18.9. The van der Waals surface area contributed by atoms with E-state index in [1.54, 1.807) is 26.8 Å². The van der Waals surface area contributed by atoms with Crippen molar-refractivity contribution in [1.82, 2.24) is 0 Å². The molecule has 1 unspecified atom stereocenters. The van der Waals surface area contributed by atoms with Crippen molar-refractivity contribution >= 4 is 18.1 Å². The van der Waals surface area contributed by atoms with Crippen molar-refractivity contribution in [2.75, 3.05) is 19.8 Å². The van der Waals surface area contributed by atoms with Gasteiger partial charge in [0.05, 0.1) is 19.3 Å². The number of nitriles is 1. The summed E-state index contributed by atoms with van der Waals surface area (Å²) in [6.45, 7) is 19.4. The molecule has 1 atom stereocenters. The van der Waals surface area contributed by atoms with Gasteiger partial charge in [-0.05, 0) is 26.8 Å². The van der Waals surface area contributed by atoms with Crippen molar-refractivity contribution in [2.24, 2.45) is 0 Å². The second-order valence-electron chi connectivity index (χ2n) is 5.00. The molecule has 0 N–H and O–H groups in total. The lowest BCUT2D eigenvalue weighted by molar-refractivity contribution is -0.138. The third kappa shape index (κ3) is 25.6. The molecule has 0 radical (unpaired) electrons. The first-order valence-electron chi connectivity index (χ1n) is 9.23. The fourth-order valence-corrected chi connectivity index (χ4v) is 1.11. The van der Waals surface area contributed by atoms with E-state index in [1.807, 2.05) is 0 Å². The van der Waals surface area contributed by atoms with Crippen molar-refractivity contribution in [3.05, 3.63) is 73.3 Å². The number of nitrogens with zero attached hydrogens (tertiary/aromatic N) is 1. The van der Waals surface area contributed by atoms with Crippen molar-refractivity contribution < 1.29 is 42.2 Å². The molecule has 1 aliphatic heterocycles. The first kappa shape index (κ1) is 33.3. The van der Waals surface area contributed by atoms with E-state index in [-0.39, 0.29) is 18.0 Å². The predicted octanol–water partition coefficient (Wildman–Crippen LogP) is 3.50. The maximum absolute atomic E-state index is 10.4. The third-order valence-electron chi connectivity index (χ3n) is 2.43. The maximum Gasteiger partial charge on any atom is 0.518 e. The second-order valence-corrected chi connectivity index (χ2v) is 5.00. The van der Waals surface area contributed by atoms with Gasteiger partial charge in [-0.3, -0.25) is 0 Å². The predicted molar refractivity (Wildman–Crippen MR) is 118 cm³/mol. The van der Waals surface area contributed by atoms with Gasteiger partial charge in [-0.25, -0.2) is 19.2 Å². The Bertz CT molecular complexity index is 812. The molecule has 0 aliphatic carbocycles. The number of cyclic esters (lactones) is 2. The Balaban J connectivity index is -0.000000347. The monoisotopic (exact) mass is 467 g/mol. The van der Waals surface area contributed by atoms with Crippen LogP contribution in [0.15, 0.2) is 76.3 Å². The number of allylic oxidation sites excluding steroid dienone is 1. The number of hydrogen-bond donors (Lipinski definition) is 0.